The zero-order chi connectivity index (χ0) is 12.3. The maximum atomic E-state index is 11.2. The van der Waals surface area contributed by atoms with Crippen molar-refractivity contribution in [2.45, 2.75) is 18.9 Å². The predicted octanol–water partition coefficient (Wildman–Crippen LogP) is 0.858. The second-order valence-corrected chi connectivity index (χ2v) is 5.70. The number of nitrogen functional groups attached to an aromatic ring is 1. The predicted molar refractivity (Wildman–Crippen MR) is 67.9 cm³/mol. The van der Waals surface area contributed by atoms with Crippen LogP contribution in [-0.2, 0) is 10.8 Å². The van der Waals surface area contributed by atoms with Crippen molar-refractivity contribution in [3.05, 3.63) is 17.8 Å². The summed E-state index contributed by atoms with van der Waals surface area (Å²) in [6, 6.07) is 3.87. The van der Waals surface area contributed by atoms with E-state index in [9.17, 15) is 4.21 Å². The number of aromatic nitrogens is 1. The molecule has 0 aromatic carbocycles. The number of nitrogens with two attached hydrogens (primary N) is 1. The van der Waals surface area contributed by atoms with E-state index in [-0.39, 0.29) is 6.04 Å². The van der Waals surface area contributed by atoms with E-state index in [1.165, 1.54) is 0 Å². The number of pyridine rings is 1. The molecule has 0 amide bonds. The number of nitrogens with one attached hydrogen (secondary N) is 1. The Bertz CT molecular complexity index is 473. The van der Waals surface area contributed by atoms with Crippen LogP contribution in [0.15, 0.2) is 12.3 Å². The summed E-state index contributed by atoms with van der Waals surface area (Å²) in [7, 11) is -0.674. The average Bonchev–Trinajstić information content (AvgIpc) is 2.35. The Morgan fingerprint density at radius 3 is 2.88 bits per heavy atom. The molecule has 0 atom stereocenters. The summed E-state index contributed by atoms with van der Waals surface area (Å²) in [5.41, 5.74) is 6.65. The molecule has 0 unspecified atom stereocenters. The first-order valence-electron chi connectivity index (χ1n) is 5.47. The second kappa shape index (κ2) is 5.15. The highest BCUT2D eigenvalue weighted by Crippen LogP contribution is 2.22. The normalized spacial score (nSPS) is 23.9. The lowest BCUT2D eigenvalue weighted by molar-refractivity contribution is 0.623. The quantitative estimate of drug-likeness (QED) is 0.812. The minimum Gasteiger partial charge on any atom is -0.395 e. The number of nitriles is 1. The van der Waals surface area contributed by atoms with Crippen molar-refractivity contribution < 1.29 is 4.21 Å². The van der Waals surface area contributed by atoms with Gasteiger partial charge in [-0.2, -0.15) is 5.26 Å². The lowest BCUT2D eigenvalue weighted by atomic mass is 10.1. The highest BCUT2D eigenvalue weighted by molar-refractivity contribution is 7.85. The third kappa shape index (κ3) is 2.74. The minimum absolute atomic E-state index is 0.247. The molecule has 1 aliphatic rings. The van der Waals surface area contributed by atoms with Gasteiger partial charge in [-0.15, -0.1) is 0 Å². The summed E-state index contributed by atoms with van der Waals surface area (Å²) in [4.78, 5) is 4.14. The molecular weight excluding hydrogens is 236 g/mol. The molecule has 2 heterocycles. The van der Waals surface area contributed by atoms with Gasteiger partial charge in [-0.25, -0.2) is 4.98 Å². The van der Waals surface area contributed by atoms with Gasteiger partial charge in [-0.1, -0.05) is 0 Å². The van der Waals surface area contributed by atoms with Crippen LogP contribution in [0.5, 0.6) is 0 Å². The van der Waals surface area contributed by atoms with Gasteiger partial charge in [0.05, 0.1) is 11.3 Å². The highest BCUT2D eigenvalue weighted by Gasteiger charge is 2.19. The van der Waals surface area contributed by atoms with Crippen LogP contribution in [-0.4, -0.2) is 26.7 Å². The molecule has 1 aliphatic heterocycles. The fourth-order valence-electron chi connectivity index (χ4n) is 1.82. The van der Waals surface area contributed by atoms with Crippen molar-refractivity contribution in [1.29, 1.82) is 5.26 Å². The highest BCUT2D eigenvalue weighted by atomic mass is 32.2. The Hall–Kier alpha value is -1.61. The van der Waals surface area contributed by atoms with E-state index in [1.54, 1.807) is 12.3 Å². The fourth-order valence-corrected chi connectivity index (χ4v) is 3.12. The van der Waals surface area contributed by atoms with E-state index in [0.717, 1.165) is 24.3 Å². The lowest BCUT2D eigenvalue weighted by Gasteiger charge is -2.23. The van der Waals surface area contributed by atoms with Gasteiger partial charge >= 0.3 is 0 Å². The molecule has 1 aromatic heterocycles. The Morgan fingerprint density at radius 2 is 2.24 bits per heavy atom. The van der Waals surface area contributed by atoms with Gasteiger partial charge in [0.1, 0.15) is 6.07 Å². The molecule has 0 aliphatic carbocycles. The molecule has 5 nitrogen and oxygen atoms in total. The third-order valence-corrected chi connectivity index (χ3v) is 4.22. The molecule has 2 rings (SSSR count). The van der Waals surface area contributed by atoms with E-state index in [1.807, 2.05) is 6.07 Å². The second-order valence-electron chi connectivity index (χ2n) is 4.00. The van der Waals surface area contributed by atoms with Gasteiger partial charge in [0.25, 0.3) is 0 Å². The number of hydrogen-bond donors (Lipinski definition) is 2. The maximum Gasteiger partial charge on any atom is 0.150 e. The van der Waals surface area contributed by atoms with Crippen LogP contribution in [0.1, 0.15) is 18.4 Å². The van der Waals surface area contributed by atoms with Crippen molar-refractivity contribution in [1.82, 2.24) is 4.98 Å². The Morgan fingerprint density at radius 1 is 1.53 bits per heavy atom. The molecule has 0 spiro atoms. The Labute approximate surface area is 102 Å². The van der Waals surface area contributed by atoms with E-state index in [2.05, 4.69) is 10.3 Å². The SMILES string of the molecule is N#Cc1ccnc(NC2CCS(=O)CC2)c1N. The molecule has 90 valence electrons. The van der Waals surface area contributed by atoms with Crippen LogP contribution in [0.3, 0.4) is 0 Å². The molecule has 17 heavy (non-hydrogen) atoms. The first-order valence-corrected chi connectivity index (χ1v) is 6.95. The molecule has 1 aromatic rings. The topological polar surface area (TPSA) is 91.8 Å². The summed E-state index contributed by atoms with van der Waals surface area (Å²) in [5, 5.41) is 12.1. The number of hydrogen-bond acceptors (Lipinski definition) is 5. The Kier molecular flexibility index (Phi) is 3.59. The van der Waals surface area contributed by atoms with Crippen molar-refractivity contribution in [2.24, 2.45) is 0 Å². The smallest absolute Gasteiger partial charge is 0.150 e. The minimum atomic E-state index is -0.674. The van der Waals surface area contributed by atoms with E-state index < -0.39 is 10.8 Å². The first kappa shape index (κ1) is 11.9. The van der Waals surface area contributed by atoms with Gasteiger partial charge in [0.15, 0.2) is 5.82 Å². The van der Waals surface area contributed by atoms with Gasteiger partial charge < -0.3 is 11.1 Å². The molecular formula is C11H14N4OS. The summed E-state index contributed by atoms with van der Waals surface area (Å²) in [6.45, 7) is 0. The van der Waals surface area contributed by atoms with Gasteiger partial charge in [-0.3, -0.25) is 4.21 Å². The van der Waals surface area contributed by atoms with Crippen LogP contribution < -0.4 is 11.1 Å². The van der Waals surface area contributed by atoms with E-state index >= 15 is 0 Å². The average molecular weight is 250 g/mol. The van der Waals surface area contributed by atoms with Crippen LogP contribution in [0.2, 0.25) is 0 Å². The van der Waals surface area contributed by atoms with Crippen LogP contribution in [0.25, 0.3) is 0 Å². The standard InChI is InChI=1S/C11H14N4OS/c12-7-8-1-4-14-11(10(8)13)15-9-2-5-17(16)6-3-9/h1,4,9H,2-3,5-6,13H2,(H,14,15). The Balaban J connectivity index is 2.09. The molecule has 3 N–H and O–H groups in total. The molecule has 0 saturated carbocycles. The largest absolute Gasteiger partial charge is 0.395 e. The molecule has 1 fully saturated rings. The fraction of sp³-hybridized carbons (Fsp3) is 0.455. The van der Waals surface area contributed by atoms with Crippen molar-refractivity contribution in [3.8, 4) is 6.07 Å². The monoisotopic (exact) mass is 250 g/mol. The van der Waals surface area contributed by atoms with Crippen molar-refractivity contribution in [3.63, 3.8) is 0 Å². The number of anilines is 2. The van der Waals surface area contributed by atoms with Crippen LogP contribution in [0.4, 0.5) is 11.5 Å². The van der Waals surface area contributed by atoms with Gasteiger partial charge in [0.2, 0.25) is 0 Å². The molecule has 1 saturated heterocycles. The summed E-state index contributed by atoms with van der Waals surface area (Å²) in [6.07, 6.45) is 3.27. The summed E-state index contributed by atoms with van der Waals surface area (Å²) < 4.78 is 11.2. The van der Waals surface area contributed by atoms with Crippen molar-refractivity contribution >= 4 is 22.3 Å². The number of rotatable bonds is 2. The van der Waals surface area contributed by atoms with Gasteiger partial charge in [0, 0.05) is 34.5 Å². The zero-order valence-electron chi connectivity index (χ0n) is 9.35. The first-order chi connectivity index (χ1) is 8.20. The van der Waals surface area contributed by atoms with E-state index in [4.69, 9.17) is 11.0 Å². The maximum absolute atomic E-state index is 11.2. The third-order valence-electron chi connectivity index (χ3n) is 2.84. The molecule has 0 radical (unpaired) electrons. The summed E-state index contributed by atoms with van der Waals surface area (Å²) in [5.74, 6) is 1.99. The molecule has 0 bridgehead atoms. The zero-order valence-corrected chi connectivity index (χ0v) is 10.2. The van der Waals surface area contributed by atoms with Crippen LogP contribution >= 0.6 is 0 Å². The van der Waals surface area contributed by atoms with Crippen LogP contribution in [0, 0.1) is 11.3 Å². The number of nitrogens with zero attached hydrogens (tertiary/aromatic N) is 2. The lowest BCUT2D eigenvalue weighted by Crippen LogP contribution is -2.30. The molecule has 6 heteroatoms. The van der Waals surface area contributed by atoms with Crippen molar-refractivity contribution in [2.75, 3.05) is 22.6 Å². The van der Waals surface area contributed by atoms with E-state index in [0.29, 0.717) is 17.1 Å². The summed E-state index contributed by atoms with van der Waals surface area (Å²) >= 11 is 0. The van der Waals surface area contributed by atoms with Gasteiger partial charge in [-0.05, 0) is 18.9 Å².